The predicted octanol–water partition coefficient (Wildman–Crippen LogP) is 1.73. The van der Waals surface area contributed by atoms with E-state index in [4.69, 9.17) is 23.9 Å². The minimum atomic E-state index is -0.668. The summed E-state index contributed by atoms with van der Waals surface area (Å²) in [6, 6.07) is 10.1. The van der Waals surface area contributed by atoms with Crippen LogP contribution in [0.5, 0.6) is 11.5 Å². The molecule has 0 bridgehead atoms. The standard InChI is InChI=1S/C23H23N3O7/c1-30-20-15-17(4-6-18(20)32-14-8-24)5-7-22(28)33-16-21(27)25-9-11-26(12-10-25)23(29)19-3-2-13-31-19/h2-7,13,15H,9-12,14,16H2,1H3/b7-5+. The van der Waals surface area contributed by atoms with Crippen molar-refractivity contribution in [3.63, 3.8) is 0 Å². The van der Waals surface area contributed by atoms with Gasteiger partial charge in [0.2, 0.25) is 0 Å². The number of esters is 1. The molecule has 0 N–H and O–H groups in total. The van der Waals surface area contributed by atoms with Crippen LogP contribution in [-0.2, 0) is 14.3 Å². The SMILES string of the molecule is COc1cc(/C=C/C(=O)OCC(=O)N2CCN(C(=O)c3ccco3)CC2)ccc1OCC#N. The molecule has 0 aliphatic carbocycles. The summed E-state index contributed by atoms with van der Waals surface area (Å²) in [6.07, 6.45) is 4.16. The van der Waals surface area contributed by atoms with Gasteiger partial charge in [-0.15, -0.1) is 0 Å². The fraction of sp³-hybridized carbons (Fsp3) is 0.304. The van der Waals surface area contributed by atoms with Crippen LogP contribution < -0.4 is 9.47 Å². The fourth-order valence-corrected chi connectivity index (χ4v) is 3.17. The molecule has 1 fully saturated rings. The maximum atomic E-state index is 12.3. The molecule has 2 aromatic rings. The molecule has 2 heterocycles. The molecule has 33 heavy (non-hydrogen) atoms. The van der Waals surface area contributed by atoms with E-state index in [0.717, 1.165) is 0 Å². The second-order valence-corrected chi connectivity index (χ2v) is 6.95. The third kappa shape index (κ3) is 6.36. The van der Waals surface area contributed by atoms with Crippen LogP contribution in [0.25, 0.3) is 6.08 Å². The molecule has 2 amide bonds. The van der Waals surface area contributed by atoms with E-state index in [1.807, 2.05) is 6.07 Å². The lowest BCUT2D eigenvalue weighted by Gasteiger charge is -2.34. The van der Waals surface area contributed by atoms with E-state index in [2.05, 4.69) is 0 Å². The highest BCUT2D eigenvalue weighted by Crippen LogP contribution is 2.28. The number of amides is 2. The van der Waals surface area contributed by atoms with Gasteiger partial charge in [0, 0.05) is 32.3 Å². The van der Waals surface area contributed by atoms with E-state index in [1.165, 1.54) is 25.5 Å². The Morgan fingerprint density at radius 2 is 1.88 bits per heavy atom. The van der Waals surface area contributed by atoms with Gasteiger partial charge in [-0.25, -0.2) is 4.79 Å². The van der Waals surface area contributed by atoms with E-state index in [-0.39, 0.29) is 30.8 Å². The fourth-order valence-electron chi connectivity index (χ4n) is 3.17. The molecule has 10 nitrogen and oxygen atoms in total. The minimum Gasteiger partial charge on any atom is -0.493 e. The van der Waals surface area contributed by atoms with E-state index >= 15 is 0 Å². The number of nitrogens with zero attached hydrogens (tertiary/aromatic N) is 3. The van der Waals surface area contributed by atoms with Gasteiger partial charge in [-0.2, -0.15) is 5.26 Å². The first-order valence-corrected chi connectivity index (χ1v) is 10.1. The molecule has 1 aliphatic rings. The van der Waals surface area contributed by atoms with E-state index < -0.39 is 5.97 Å². The van der Waals surface area contributed by atoms with Crippen LogP contribution in [-0.4, -0.2) is 74.1 Å². The molecule has 1 aromatic heterocycles. The number of nitriles is 1. The van der Waals surface area contributed by atoms with Crippen molar-refractivity contribution in [1.29, 1.82) is 5.26 Å². The minimum absolute atomic E-state index is 0.110. The summed E-state index contributed by atoms with van der Waals surface area (Å²) in [5.41, 5.74) is 0.650. The van der Waals surface area contributed by atoms with Gasteiger partial charge in [-0.1, -0.05) is 6.07 Å². The highest BCUT2D eigenvalue weighted by molar-refractivity contribution is 5.92. The van der Waals surface area contributed by atoms with E-state index in [9.17, 15) is 14.4 Å². The smallest absolute Gasteiger partial charge is 0.331 e. The molecule has 0 saturated carbocycles. The molecule has 1 aromatic carbocycles. The molecular formula is C23H23N3O7. The number of furan rings is 1. The second kappa shape index (κ2) is 11.4. The van der Waals surface area contributed by atoms with Crippen molar-refractivity contribution in [2.45, 2.75) is 0 Å². The Hall–Kier alpha value is -4.26. The summed E-state index contributed by atoms with van der Waals surface area (Å²) >= 11 is 0. The van der Waals surface area contributed by atoms with Crippen LogP contribution in [0.4, 0.5) is 0 Å². The number of rotatable bonds is 8. The van der Waals surface area contributed by atoms with Gasteiger partial charge in [0.1, 0.15) is 6.07 Å². The summed E-state index contributed by atoms with van der Waals surface area (Å²) < 4.78 is 20.6. The Morgan fingerprint density at radius 3 is 2.55 bits per heavy atom. The van der Waals surface area contributed by atoms with Crippen LogP contribution in [0.1, 0.15) is 16.1 Å². The molecule has 1 aliphatic heterocycles. The van der Waals surface area contributed by atoms with E-state index in [1.54, 1.807) is 40.1 Å². The first kappa shape index (κ1) is 23.4. The van der Waals surface area contributed by atoms with Crippen molar-refractivity contribution >= 4 is 23.9 Å². The number of hydrogen-bond acceptors (Lipinski definition) is 8. The van der Waals surface area contributed by atoms with Crippen molar-refractivity contribution in [3.8, 4) is 17.6 Å². The average Bonchev–Trinajstić information content (AvgIpc) is 3.39. The lowest BCUT2D eigenvalue weighted by molar-refractivity contribution is -0.148. The van der Waals surface area contributed by atoms with Crippen molar-refractivity contribution in [2.75, 3.05) is 46.5 Å². The molecule has 1 saturated heterocycles. The number of carbonyl (C=O) groups is 3. The first-order valence-electron chi connectivity index (χ1n) is 10.1. The first-order chi connectivity index (χ1) is 16.0. The molecule has 0 atom stereocenters. The van der Waals surface area contributed by atoms with Crippen LogP contribution >= 0.6 is 0 Å². The summed E-state index contributed by atoms with van der Waals surface area (Å²) in [7, 11) is 1.47. The lowest BCUT2D eigenvalue weighted by Crippen LogP contribution is -2.51. The Labute approximate surface area is 190 Å². The topological polar surface area (TPSA) is 122 Å². The molecule has 0 spiro atoms. The van der Waals surface area contributed by atoms with Crippen LogP contribution in [0.15, 0.2) is 47.1 Å². The normalized spacial score (nSPS) is 13.5. The van der Waals surface area contributed by atoms with Crippen molar-refractivity contribution in [3.05, 3.63) is 54.0 Å². The van der Waals surface area contributed by atoms with Gasteiger partial charge in [-0.05, 0) is 35.9 Å². The number of benzene rings is 1. The highest BCUT2D eigenvalue weighted by atomic mass is 16.5. The second-order valence-electron chi connectivity index (χ2n) is 6.95. The average molecular weight is 453 g/mol. The van der Waals surface area contributed by atoms with Crippen LogP contribution in [0.3, 0.4) is 0 Å². The largest absolute Gasteiger partial charge is 0.493 e. The maximum Gasteiger partial charge on any atom is 0.331 e. The van der Waals surface area contributed by atoms with Gasteiger partial charge in [0.25, 0.3) is 11.8 Å². The Kier molecular flexibility index (Phi) is 8.07. The van der Waals surface area contributed by atoms with Gasteiger partial charge < -0.3 is 28.4 Å². The lowest BCUT2D eigenvalue weighted by atomic mass is 10.2. The van der Waals surface area contributed by atoms with Crippen molar-refractivity contribution in [2.24, 2.45) is 0 Å². The van der Waals surface area contributed by atoms with Gasteiger partial charge in [-0.3, -0.25) is 9.59 Å². The zero-order chi connectivity index (χ0) is 23.6. The van der Waals surface area contributed by atoms with E-state index in [0.29, 0.717) is 43.2 Å². The van der Waals surface area contributed by atoms with Crippen LogP contribution in [0, 0.1) is 11.3 Å². The maximum absolute atomic E-state index is 12.3. The number of carbonyl (C=O) groups excluding carboxylic acids is 3. The molecular weight excluding hydrogens is 430 g/mol. The predicted molar refractivity (Wildman–Crippen MR) is 115 cm³/mol. The number of hydrogen-bond donors (Lipinski definition) is 0. The number of ether oxygens (including phenoxy) is 3. The van der Waals surface area contributed by atoms with Crippen molar-refractivity contribution in [1.82, 2.24) is 9.80 Å². The number of methoxy groups -OCH3 is 1. The monoisotopic (exact) mass is 453 g/mol. The quantitative estimate of drug-likeness (QED) is 0.437. The molecule has 0 unspecified atom stereocenters. The molecule has 172 valence electrons. The van der Waals surface area contributed by atoms with Crippen LogP contribution in [0.2, 0.25) is 0 Å². The molecule has 10 heteroatoms. The van der Waals surface area contributed by atoms with Crippen molar-refractivity contribution < 1.29 is 33.0 Å². The van der Waals surface area contributed by atoms with Gasteiger partial charge >= 0.3 is 5.97 Å². The summed E-state index contributed by atoms with van der Waals surface area (Å²) in [4.78, 5) is 39.8. The Bertz CT molecular complexity index is 1050. The van der Waals surface area contributed by atoms with Gasteiger partial charge in [0.05, 0.1) is 13.4 Å². The highest BCUT2D eigenvalue weighted by Gasteiger charge is 2.26. The zero-order valence-electron chi connectivity index (χ0n) is 18.1. The molecule has 3 rings (SSSR count). The Morgan fingerprint density at radius 1 is 1.12 bits per heavy atom. The summed E-state index contributed by atoms with van der Waals surface area (Å²) in [5.74, 6) is -0.125. The summed E-state index contributed by atoms with van der Waals surface area (Å²) in [5, 5.41) is 8.61. The Balaban J connectivity index is 1.44. The van der Waals surface area contributed by atoms with Gasteiger partial charge in [0.15, 0.2) is 30.5 Å². The summed E-state index contributed by atoms with van der Waals surface area (Å²) in [6.45, 7) is 0.933. The third-order valence-corrected chi connectivity index (χ3v) is 4.88. The molecule has 0 radical (unpaired) electrons. The number of piperazine rings is 1. The third-order valence-electron chi connectivity index (χ3n) is 4.88. The zero-order valence-corrected chi connectivity index (χ0v) is 18.1.